The zero-order chi connectivity index (χ0) is 13.0. The monoisotopic (exact) mass is 253 g/mol. The maximum Gasteiger partial charge on any atom is 0.223 e. The lowest BCUT2D eigenvalue weighted by Crippen LogP contribution is -2.41. The largest absolute Gasteiger partial charge is 0.354 e. The zero-order valence-corrected chi connectivity index (χ0v) is 10.8. The van der Waals surface area contributed by atoms with Crippen LogP contribution >= 0.6 is 0 Å². The third-order valence-electron chi connectivity index (χ3n) is 4.16. The van der Waals surface area contributed by atoms with E-state index in [9.17, 15) is 9.59 Å². The first-order chi connectivity index (χ1) is 8.69. The fourth-order valence-electron chi connectivity index (χ4n) is 2.86. The van der Waals surface area contributed by atoms with Crippen LogP contribution in [0.5, 0.6) is 0 Å². The Morgan fingerprint density at radius 2 is 2.00 bits per heavy atom. The molecule has 4 N–H and O–H groups in total. The molecule has 2 amide bonds. The van der Waals surface area contributed by atoms with E-state index in [0.29, 0.717) is 18.9 Å². The fourth-order valence-corrected chi connectivity index (χ4v) is 2.86. The molecule has 1 aliphatic heterocycles. The number of amides is 2. The first-order valence-electron chi connectivity index (χ1n) is 6.96. The Morgan fingerprint density at radius 1 is 1.28 bits per heavy atom. The Bertz CT molecular complexity index is 311. The highest BCUT2D eigenvalue weighted by Crippen LogP contribution is 2.28. The highest BCUT2D eigenvalue weighted by atomic mass is 16.2. The van der Waals surface area contributed by atoms with Crippen molar-refractivity contribution < 1.29 is 9.59 Å². The van der Waals surface area contributed by atoms with E-state index in [2.05, 4.69) is 10.6 Å². The van der Waals surface area contributed by atoms with Gasteiger partial charge >= 0.3 is 0 Å². The van der Waals surface area contributed by atoms with Crippen LogP contribution in [0.25, 0.3) is 0 Å². The molecule has 0 spiro atoms. The summed E-state index contributed by atoms with van der Waals surface area (Å²) in [5, 5.41) is 5.82. The van der Waals surface area contributed by atoms with Gasteiger partial charge < -0.3 is 16.4 Å². The smallest absolute Gasteiger partial charge is 0.223 e. The molecule has 2 fully saturated rings. The van der Waals surface area contributed by atoms with E-state index in [4.69, 9.17) is 5.73 Å². The lowest BCUT2D eigenvalue weighted by Gasteiger charge is -2.27. The first kappa shape index (κ1) is 13.3. The molecule has 0 bridgehead atoms. The number of nitrogens with one attached hydrogen (secondary N) is 2. The van der Waals surface area contributed by atoms with Crippen LogP contribution in [0.3, 0.4) is 0 Å². The summed E-state index contributed by atoms with van der Waals surface area (Å²) in [5.74, 6) is 0.984. The maximum atomic E-state index is 12.0. The van der Waals surface area contributed by atoms with Crippen molar-refractivity contribution in [3.63, 3.8) is 0 Å². The van der Waals surface area contributed by atoms with Crippen molar-refractivity contribution in [2.24, 2.45) is 17.6 Å². The molecule has 0 aromatic heterocycles. The van der Waals surface area contributed by atoms with Gasteiger partial charge in [0.15, 0.2) is 0 Å². The fraction of sp³-hybridized carbons (Fsp3) is 0.846. The summed E-state index contributed by atoms with van der Waals surface area (Å²) in [6.45, 7) is 1.31. The minimum atomic E-state index is 0.0951. The molecular weight excluding hydrogens is 230 g/mol. The Labute approximate surface area is 108 Å². The third-order valence-corrected chi connectivity index (χ3v) is 4.16. The van der Waals surface area contributed by atoms with Gasteiger partial charge in [0.2, 0.25) is 11.8 Å². The van der Waals surface area contributed by atoms with Crippen molar-refractivity contribution in [1.29, 1.82) is 0 Å². The number of hydrogen-bond acceptors (Lipinski definition) is 3. The predicted octanol–water partition coefficient (Wildman–Crippen LogP) is 0.146. The summed E-state index contributed by atoms with van der Waals surface area (Å²) in [4.78, 5) is 23.0. The van der Waals surface area contributed by atoms with Crippen molar-refractivity contribution in [1.82, 2.24) is 10.6 Å². The quantitative estimate of drug-likeness (QED) is 0.666. The Hall–Kier alpha value is -1.10. The minimum Gasteiger partial charge on any atom is -0.354 e. The van der Waals surface area contributed by atoms with E-state index in [1.165, 1.54) is 0 Å². The SMILES string of the molecule is NCC1CCC(C(=O)NCC2CCC(=O)N2)CC1. The molecule has 1 heterocycles. The average molecular weight is 253 g/mol. The molecule has 2 rings (SSSR count). The summed E-state index contributed by atoms with van der Waals surface area (Å²) in [5.41, 5.74) is 5.64. The molecule has 1 saturated heterocycles. The molecule has 1 saturated carbocycles. The molecule has 1 unspecified atom stereocenters. The Balaban J connectivity index is 1.67. The normalized spacial score (nSPS) is 32.1. The summed E-state index contributed by atoms with van der Waals surface area (Å²) in [6.07, 6.45) is 5.44. The van der Waals surface area contributed by atoms with Gasteiger partial charge in [0.1, 0.15) is 0 Å². The number of nitrogens with two attached hydrogens (primary N) is 1. The number of carbonyl (C=O) groups is 2. The number of hydrogen-bond donors (Lipinski definition) is 3. The van der Waals surface area contributed by atoms with E-state index in [1.807, 2.05) is 0 Å². The van der Waals surface area contributed by atoms with Crippen LogP contribution in [0.1, 0.15) is 38.5 Å². The highest BCUT2D eigenvalue weighted by molar-refractivity contribution is 5.80. The van der Waals surface area contributed by atoms with Crippen LogP contribution < -0.4 is 16.4 Å². The summed E-state index contributed by atoms with van der Waals surface area (Å²) in [7, 11) is 0. The van der Waals surface area contributed by atoms with Crippen LogP contribution in [0.2, 0.25) is 0 Å². The van der Waals surface area contributed by atoms with Gasteiger partial charge in [0.25, 0.3) is 0 Å². The number of carbonyl (C=O) groups excluding carboxylic acids is 2. The second-order valence-corrected chi connectivity index (χ2v) is 5.50. The summed E-state index contributed by atoms with van der Waals surface area (Å²) < 4.78 is 0. The van der Waals surface area contributed by atoms with E-state index in [1.54, 1.807) is 0 Å². The van der Waals surface area contributed by atoms with Crippen LogP contribution in [0.15, 0.2) is 0 Å². The van der Waals surface area contributed by atoms with Gasteiger partial charge in [-0.15, -0.1) is 0 Å². The topological polar surface area (TPSA) is 84.2 Å². The van der Waals surface area contributed by atoms with Crippen molar-refractivity contribution in [3.05, 3.63) is 0 Å². The minimum absolute atomic E-state index is 0.0951. The van der Waals surface area contributed by atoms with Gasteiger partial charge in [0.05, 0.1) is 0 Å². The van der Waals surface area contributed by atoms with Crippen molar-refractivity contribution in [2.75, 3.05) is 13.1 Å². The van der Waals surface area contributed by atoms with E-state index >= 15 is 0 Å². The summed E-state index contributed by atoms with van der Waals surface area (Å²) in [6, 6.07) is 0.127. The molecule has 1 aliphatic carbocycles. The number of rotatable bonds is 4. The van der Waals surface area contributed by atoms with Crippen LogP contribution in [-0.2, 0) is 9.59 Å². The molecule has 5 heteroatoms. The zero-order valence-electron chi connectivity index (χ0n) is 10.8. The second-order valence-electron chi connectivity index (χ2n) is 5.50. The molecule has 2 aliphatic rings. The first-order valence-corrected chi connectivity index (χ1v) is 6.96. The van der Waals surface area contributed by atoms with Gasteiger partial charge in [-0.25, -0.2) is 0 Å². The molecule has 5 nitrogen and oxygen atoms in total. The van der Waals surface area contributed by atoms with E-state index < -0.39 is 0 Å². The Kier molecular flexibility index (Phi) is 4.58. The van der Waals surface area contributed by atoms with Crippen molar-refractivity contribution in [2.45, 2.75) is 44.6 Å². The molecular formula is C13H23N3O2. The standard InChI is InChI=1S/C13H23N3O2/c14-7-9-1-3-10(4-2-9)13(18)15-8-11-5-6-12(17)16-11/h9-11H,1-8,14H2,(H,15,18)(H,16,17). The average Bonchev–Trinajstić information content (AvgIpc) is 2.82. The molecule has 18 heavy (non-hydrogen) atoms. The van der Waals surface area contributed by atoms with Crippen LogP contribution in [0.4, 0.5) is 0 Å². The van der Waals surface area contributed by atoms with Gasteiger partial charge in [-0.2, -0.15) is 0 Å². The van der Waals surface area contributed by atoms with E-state index in [0.717, 1.165) is 38.6 Å². The highest BCUT2D eigenvalue weighted by Gasteiger charge is 2.27. The van der Waals surface area contributed by atoms with Gasteiger partial charge in [0, 0.05) is 24.9 Å². The van der Waals surface area contributed by atoms with Crippen molar-refractivity contribution >= 4 is 11.8 Å². The van der Waals surface area contributed by atoms with E-state index in [-0.39, 0.29) is 23.8 Å². The Morgan fingerprint density at radius 3 is 2.56 bits per heavy atom. The van der Waals surface area contributed by atoms with Gasteiger partial charge in [-0.05, 0) is 44.6 Å². The van der Waals surface area contributed by atoms with Crippen LogP contribution in [-0.4, -0.2) is 30.9 Å². The van der Waals surface area contributed by atoms with Crippen LogP contribution in [0, 0.1) is 11.8 Å². The lowest BCUT2D eigenvalue weighted by molar-refractivity contribution is -0.126. The molecule has 102 valence electrons. The molecule has 0 aromatic carbocycles. The van der Waals surface area contributed by atoms with Gasteiger partial charge in [-0.1, -0.05) is 0 Å². The second kappa shape index (κ2) is 6.18. The van der Waals surface area contributed by atoms with Crippen molar-refractivity contribution in [3.8, 4) is 0 Å². The lowest BCUT2D eigenvalue weighted by atomic mass is 9.81. The summed E-state index contributed by atoms with van der Waals surface area (Å²) >= 11 is 0. The molecule has 0 radical (unpaired) electrons. The molecule has 1 atom stereocenters. The third kappa shape index (κ3) is 3.45. The van der Waals surface area contributed by atoms with Gasteiger partial charge in [-0.3, -0.25) is 9.59 Å². The molecule has 0 aromatic rings. The predicted molar refractivity (Wildman–Crippen MR) is 68.7 cm³/mol. The maximum absolute atomic E-state index is 12.0.